The predicted octanol–water partition coefficient (Wildman–Crippen LogP) is 2.08. The Balaban J connectivity index is 2.21. The minimum atomic E-state index is 0.408. The van der Waals surface area contributed by atoms with Gasteiger partial charge in [-0.3, -0.25) is 0 Å². The predicted molar refractivity (Wildman–Crippen MR) is 75.8 cm³/mol. The SMILES string of the molecule is CCCNc1nc(OCC)nc(N(CC)C2CC2)n1. The highest BCUT2D eigenvalue weighted by molar-refractivity contribution is 5.40. The van der Waals surface area contributed by atoms with Crippen LogP contribution in [-0.2, 0) is 0 Å². The summed E-state index contributed by atoms with van der Waals surface area (Å²) in [6, 6.07) is 0.992. The lowest BCUT2D eigenvalue weighted by molar-refractivity contribution is 0.312. The molecule has 0 aliphatic heterocycles. The van der Waals surface area contributed by atoms with E-state index < -0.39 is 0 Å². The Labute approximate surface area is 114 Å². The number of nitrogens with zero attached hydrogens (tertiary/aromatic N) is 4. The Morgan fingerprint density at radius 2 is 2.00 bits per heavy atom. The Morgan fingerprint density at radius 1 is 1.21 bits per heavy atom. The second-order valence-electron chi connectivity index (χ2n) is 4.62. The summed E-state index contributed by atoms with van der Waals surface area (Å²) < 4.78 is 5.43. The first kappa shape index (κ1) is 13.8. The first-order valence-corrected chi connectivity index (χ1v) is 7.17. The third kappa shape index (κ3) is 3.68. The molecule has 1 aliphatic carbocycles. The summed E-state index contributed by atoms with van der Waals surface area (Å²) in [5, 5.41) is 3.20. The highest BCUT2D eigenvalue weighted by Gasteiger charge is 2.30. The lowest BCUT2D eigenvalue weighted by atomic mass is 10.5. The molecule has 6 nitrogen and oxygen atoms in total. The van der Waals surface area contributed by atoms with Crippen LogP contribution in [0.1, 0.15) is 40.0 Å². The largest absolute Gasteiger partial charge is 0.464 e. The normalized spacial score (nSPS) is 14.3. The Bertz CT molecular complexity index is 408. The third-order valence-electron chi connectivity index (χ3n) is 2.99. The number of ether oxygens (including phenoxy) is 1. The monoisotopic (exact) mass is 265 g/mol. The molecule has 0 unspecified atom stereocenters. The minimum absolute atomic E-state index is 0.408. The van der Waals surface area contributed by atoms with Crippen LogP contribution >= 0.6 is 0 Å². The van der Waals surface area contributed by atoms with Crippen molar-refractivity contribution in [1.82, 2.24) is 15.0 Å². The van der Waals surface area contributed by atoms with E-state index in [0.29, 0.717) is 24.6 Å². The van der Waals surface area contributed by atoms with Crippen LogP contribution in [0.3, 0.4) is 0 Å². The van der Waals surface area contributed by atoms with Gasteiger partial charge in [0.2, 0.25) is 11.9 Å². The van der Waals surface area contributed by atoms with E-state index in [4.69, 9.17) is 4.74 Å². The van der Waals surface area contributed by atoms with Crippen molar-refractivity contribution >= 4 is 11.9 Å². The van der Waals surface area contributed by atoms with Gasteiger partial charge in [-0.05, 0) is 33.1 Å². The zero-order valence-corrected chi connectivity index (χ0v) is 12.0. The molecule has 0 spiro atoms. The van der Waals surface area contributed by atoms with Gasteiger partial charge < -0.3 is 15.0 Å². The first-order valence-electron chi connectivity index (χ1n) is 7.17. The van der Waals surface area contributed by atoms with Crippen LogP contribution in [0.2, 0.25) is 0 Å². The van der Waals surface area contributed by atoms with E-state index in [9.17, 15) is 0 Å². The average molecular weight is 265 g/mol. The van der Waals surface area contributed by atoms with Crippen LogP contribution in [0.4, 0.5) is 11.9 Å². The molecule has 0 atom stereocenters. The molecular formula is C13H23N5O. The number of hydrogen-bond donors (Lipinski definition) is 1. The highest BCUT2D eigenvalue weighted by atomic mass is 16.5. The van der Waals surface area contributed by atoms with E-state index >= 15 is 0 Å². The van der Waals surface area contributed by atoms with Crippen LogP contribution in [-0.4, -0.2) is 40.7 Å². The second kappa shape index (κ2) is 6.54. The van der Waals surface area contributed by atoms with Gasteiger partial charge in [0.15, 0.2) is 0 Å². The summed E-state index contributed by atoms with van der Waals surface area (Å²) in [6.07, 6.45) is 3.48. The third-order valence-corrected chi connectivity index (χ3v) is 2.99. The summed E-state index contributed by atoms with van der Waals surface area (Å²) >= 11 is 0. The fourth-order valence-corrected chi connectivity index (χ4v) is 1.93. The van der Waals surface area contributed by atoms with Gasteiger partial charge in [0, 0.05) is 19.1 Å². The van der Waals surface area contributed by atoms with E-state index in [-0.39, 0.29) is 0 Å². The van der Waals surface area contributed by atoms with Gasteiger partial charge in [0.25, 0.3) is 0 Å². The fraction of sp³-hybridized carbons (Fsp3) is 0.769. The van der Waals surface area contributed by atoms with Gasteiger partial charge in [-0.15, -0.1) is 0 Å². The zero-order valence-electron chi connectivity index (χ0n) is 12.0. The molecule has 6 heteroatoms. The molecule has 0 amide bonds. The highest BCUT2D eigenvalue weighted by Crippen LogP contribution is 2.30. The number of nitrogens with one attached hydrogen (secondary N) is 1. The molecule has 1 aromatic heterocycles. The van der Waals surface area contributed by atoms with Crippen molar-refractivity contribution in [3.63, 3.8) is 0 Å². The number of hydrogen-bond acceptors (Lipinski definition) is 6. The van der Waals surface area contributed by atoms with Crippen molar-refractivity contribution in [1.29, 1.82) is 0 Å². The number of rotatable bonds is 8. The minimum Gasteiger partial charge on any atom is -0.464 e. The maximum atomic E-state index is 5.43. The molecule has 0 saturated heterocycles. The van der Waals surface area contributed by atoms with E-state index in [1.165, 1.54) is 12.8 Å². The summed E-state index contributed by atoms with van der Waals surface area (Å²) in [6.45, 7) is 8.49. The van der Waals surface area contributed by atoms with Crippen LogP contribution in [0.15, 0.2) is 0 Å². The second-order valence-corrected chi connectivity index (χ2v) is 4.62. The van der Waals surface area contributed by atoms with Gasteiger partial charge in [0.1, 0.15) is 0 Å². The lowest BCUT2D eigenvalue weighted by Crippen LogP contribution is -2.28. The molecule has 1 heterocycles. The molecule has 1 aromatic rings. The molecular weight excluding hydrogens is 242 g/mol. The molecule has 106 valence electrons. The van der Waals surface area contributed by atoms with Gasteiger partial charge in [0.05, 0.1) is 6.61 Å². The van der Waals surface area contributed by atoms with E-state index in [2.05, 4.69) is 39.0 Å². The lowest BCUT2D eigenvalue weighted by Gasteiger charge is -2.21. The zero-order chi connectivity index (χ0) is 13.7. The maximum Gasteiger partial charge on any atom is 0.323 e. The van der Waals surface area contributed by atoms with Crippen molar-refractivity contribution < 1.29 is 4.74 Å². The van der Waals surface area contributed by atoms with E-state index in [1.807, 2.05) is 6.92 Å². The van der Waals surface area contributed by atoms with Crippen LogP contribution in [0.25, 0.3) is 0 Å². The molecule has 0 bridgehead atoms. The molecule has 1 fully saturated rings. The van der Waals surface area contributed by atoms with Crippen molar-refractivity contribution in [2.24, 2.45) is 0 Å². The molecule has 2 rings (SSSR count). The Hall–Kier alpha value is -1.59. The first-order chi connectivity index (χ1) is 9.28. The van der Waals surface area contributed by atoms with Crippen molar-refractivity contribution in [2.75, 3.05) is 29.9 Å². The number of aromatic nitrogens is 3. The van der Waals surface area contributed by atoms with Gasteiger partial charge in [-0.2, -0.15) is 15.0 Å². The summed E-state index contributed by atoms with van der Waals surface area (Å²) in [4.78, 5) is 15.4. The topological polar surface area (TPSA) is 63.2 Å². The van der Waals surface area contributed by atoms with E-state index in [0.717, 1.165) is 25.5 Å². The van der Waals surface area contributed by atoms with Crippen molar-refractivity contribution in [3.8, 4) is 6.01 Å². The molecule has 1 N–H and O–H groups in total. The molecule has 1 saturated carbocycles. The Kier molecular flexibility index (Phi) is 4.76. The Morgan fingerprint density at radius 3 is 2.58 bits per heavy atom. The summed E-state index contributed by atoms with van der Waals surface area (Å²) in [5.41, 5.74) is 0. The van der Waals surface area contributed by atoms with Crippen LogP contribution in [0, 0.1) is 0 Å². The standard InChI is InChI=1S/C13H23N5O/c1-4-9-14-11-15-12(17-13(16-11)19-6-3)18(5-2)10-7-8-10/h10H,4-9H2,1-3H3,(H,14,15,16,17). The quantitative estimate of drug-likeness (QED) is 0.776. The maximum absolute atomic E-state index is 5.43. The van der Waals surface area contributed by atoms with Crippen LogP contribution < -0.4 is 15.0 Å². The summed E-state index contributed by atoms with van der Waals surface area (Å²) in [5.74, 6) is 1.33. The molecule has 1 aliphatic rings. The van der Waals surface area contributed by atoms with Crippen molar-refractivity contribution in [3.05, 3.63) is 0 Å². The van der Waals surface area contributed by atoms with Crippen LogP contribution in [0.5, 0.6) is 6.01 Å². The van der Waals surface area contributed by atoms with Crippen molar-refractivity contribution in [2.45, 2.75) is 46.1 Å². The molecule has 19 heavy (non-hydrogen) atoms. The molecule has 0 aromatic carbocycles. The average Bonchev–Trinajstić information content (AvgIpc) is 3.22. The smallest absolute Gasteiger partial charge is 0.323 e. The van der Waals surface area contributed by atoms with E-state index in [1.54, 1.807) is 0 Å². The van der Waals surface area contributed by atoms with Gasteiger partial charge in [-0.1, -0.05) is 6.92 Å². The van der Waals surface area contributed by atoms with Gasteiger partial charge in [-0.25, -0.2) is 0 Å². The number of anilines is 2. The molecule has 0 radical (unpaired) electrons. The fourth-order valence-electron chi connectivity index (χ4n) is 1.93. The van der Waals surface area contributed by atoms with Gasteiger partial charge >= 0.3 is 6.01 Å². The summed E-state index contributed by atoms with van der Waals surface area (Å²) in [7, 11) is 0.